The summed E-state index contributed by atoms with van der Waals surface area (Å²) >= 11 is 8.22. The molecule has 0 unspecified atom stereocenters. The summed E-state index contributed by atoms with van der Waals surface area (Å²) in [5.41, 5.74) is 1.94. The van der Waals surface area contributed by atoms with Crippen molar-refractivity contribution >= 4 is 46.6 Å². The minimum Gasteiger partial charge on any atom is -0.353 e. The van der Waals surface area contributed by atoms with Gasteiger partial charge in [0.15, 0.2) is 22.6 Å². The Balaban J connectivity index is 1.63. The quantitative estimate of drug-likeness (QED) is 0.501. The van der Waals surface area contributed by atoms with Gasteiger partial charge < -0.3 is 15.1 Å². The monoisotopic (exact) mass is 471 g/mol. The second kappa shape index (κ2) is 9.89. The molecule has 2 N–H and O–H groups in total. The number of benzene rings is 1. The first-order chi connectivity index (χ1) is 15.4. The number of carbonyl (C=O) groups excluding carboxylic acids is 1. The first kappa shape index (κ1) is 22.6. The lowest BCUT2D eigenvalue weighted by atomic mass is 10.1. The standard InChI is InChI=1S/C22H26ClN7OS/c1-14-12-18(28-27-14)24-20-19(23)21(30-10-8-29(3)9-11-30)26-22(25-20)32-17-6-4-16(5-7-17)13-15(2)31/h4-7,12H,8-11,13H2,1-3H3,(H2,24,25,26,27,28). The Morgan fingerprint density at radius 3 is 2.53 bits per heavy atom. The van der Waals surface area contributed by atoms with Gasteiger partial charge in [0, 0.05) is 49.3 Å². The molecule has 0 saturated carbocycles. The average molecular weight is 472 g/mol. The molecule has 1 saturated heterocycles. The third-order valence-corrected chi connectivity index (χ3v) is 6.38. The number of aromatic amines is 1. The number of rotatable bonds is 7. The smallest absolute Gasteiger partial charge is 0.196 e. The second-order valence-electron chi connectivity index (χ2n) is 7.97. The summed E-state index contributed by atoms with van der Waals surface area (Å²) in [5.74, 6) is 2.04. The Morgan fingerprint density at radius 1 is 1.19 bits per heavy atom. The van der Waals surface area contributed by atoms with Gasteiger partial charge in [-0.15, -0.1) is 0 Å². The minimum atomic E-state index is 0.146. The zero-order chi connectivity index (χ0) is 22.7. The Kier molecular flexibility index (Phi) is 6.98. The van der Waals surface area contributed by atoms with E-state index in [1.165, 1.54) is 11.8 Å². The summed E-state index contributed by atoms with van der Waals surface area (Å²) in [4.78, 5) is 26.3. The van der Waals surface area contributed by atoms with Crippen LogP contribution in [0.2, 0.25) is 5.02 Å². The summed E-state index contributed by atoms with van der Waals surface area (Å²) in [6.07, 6.45) is 0.438. The van der Waals surface area contributed by atoms with Crippen LogP contribution in [0.4, 0.5) is 17.5 Å². The normalized spacial score (nSPS) is 14.6. The van der Waals surface area contributed by atoms with Gasteiger partial charge in [-0.1, -0.05) is 23.7 Å². The molecule has 8 nitrogen and oxygen atoms in total. The number of aryl methyl sites for hydroxylation is 1. The summed E-state index contributed by atoms with van der Waals surface area (Å²) in [6, 6.07) is 9.80. The van der Waals surface area contributed by atoms with E-state index in [1.807, 2.05) is 37.3 Å². The fourth-order valence-corrected chi connectivity index (χ4v) is 4.45. The number of piperazine rings is 1. The van der Waals surface area contributed by atoms with Crippen LogP contribution in [0.15, 0.2) is 40.4 Å². The van der Waals surface area contributed by atoms with E-state index in [1.54, 1.807) is 6.92 Å². The maximum atomic E-state index is 11.4. The van der Waals surface area contributed by atoms with Crippen LogP contribution in [0.25, 0.3) is 0 Å². The molecule has 2 aromatic heterocycles. The van der Waals surface area contributed by atoms with Gasteiger partial charge in [-0.2, -0.15) is 5.10 Å². The molecule has 0 radical (unpaired) electrons. The Morgan fingerprint density at radius 2 is 1.91 bits per heavy atom. The van der Waals surface area contributed by atoms with E-state index >= 15 is 0 Å². The Labute approximate surface area is 196 Å². The third-order valence-electron chi connectivity index (χ3n) is 5.15. The molecule has 0 amide bonds. The van der Waals surface area contributed by atoms with Gasteiger partial charge in [-0.25, -0.2) is 9.97 Å². The van der Waals surface area contributed by atoms with Gasteiger partial charge in [-0.3, -0.25) is 9.89 Å². The molecule has 0 atom stereocenters. The molecule has 1 aromatic carbocycles. The predicted octanol–water partition coefficient (Wildman–Crippen LogP) is 3.94. The number of aromatic nitrogens is 4. The van der Waals surface area contributed by atoms with Crippen LogP contribution >= 0.6 is 23.4 Å². The highest BCUT2D eigenvalue weighted by Gasteiger charge is 2.22. The molecular formula is C22H26ClN7OS. The molecule has 0 spiro atoms. The first-order valence-electron chi connectivity index (χ1n) is 10.4. The number of anilines is 3. The lowest BCUT2D eigenvalue weighted by molar-refractivity contribution is -0.116. The third kappa shape index (κ3) is 5.59. The van der Waals surface area contributed by atoms with Crippen molar-refractivity contribution in [3.8, 4) is 0 Å². The van der Waals surface area contributed by atoms with Crippen LogP contribution in [0, 0.1) is 6.92 Å². The largest absolute Gasteiger partial charge is 0.353 e. The predicted molar refractivity (Wildman–Crippen MR) is 128 cm³/mol. The van der Waals surface area contributed by atoms with E-state index in [0.717, 1.165) is 48.1 Å². The van der Waals surface area contributed by atoms with Gasteiger partial charge in [-0.05, 0) is 50.4 Å². The highest BCUT2D eigenvalue weighted by atomic mass is 35.5. The van der Waals surface area contributed by atoms with Gasteiger partial charge in [0.2, 0.25) is 0 Å². The van der Waals surface area contributed by atoms with E-state index in [4.69, 9.17) is 16.6 Å². The molecular weight excluding hydrogens is 446 g/mol. The number of hydrogen-bond acceptors (Lipinski definition) is 8. The lowest BCUT2D eigenvalue weighted by Gasteiger charge is -2.33. The SMILES string of the molecule is CC(=O)Cc1ccc(Sc2nc(Nc3cc(C)[nH]n3)c(Cl)c(N3CCN(C)CC3)n2)cc1. The average Bonchev–Trinajstić information content (AvgIpc) is 3.16. The Hall–Kier alpha value is -2.62. The summed E-state index contributed by atoms with van der Waals surface area (Å²) in [5, 5.41) is 11.5. The highest BCUT2D eigenvalue weighted by Crippen LogP contribution is 2.36. The topological polar surface area (TPSA) is 90.0 Å². The summed E-state index contributed by atoms with van der Waals surface area (Å²) in [7, 11) is 2.11. The molecule has 32 heavy (non-hydrogen) atoms. The van der Waals surface area contributed by atoms with Gasteiger partial charge >= 0.3 is 0 Å². The molecule has 4 rings (SSSR count). The number of nitrogens with zero attached hydrogens (tertiary/aromatic N) is 5. The van der Waals surface area contributed by atoms with Gasteiger partial charge in [0.05, 0.1) is 0 Å². The van der Waals surface area contributed by atoms with Crippen molar-refractivity contribution in [1.29, 1.82) is 0 Å². The Bertz CT molecular complexity index is 1090. The summed E-state index contributed by atoms with van der Waals surface area (Å²) < 4.78 is 0. The van der Waals surface area contributed by atoms with E-state index in [0.29, 0.717) is 28.2 Å². The number of Topliss-reactive ketones (excluding diaryl/α,β-unsaturated/α-hetero) is 1. The molecule has 0 aliphatic carbocycles. The molecule has 0 bridgehead atoms. The second-order valence-corrected chi connectivity index (χ2v) is 9.39. The molecule has 1 aliphatic heterocycles. The fraction of sp³-hybridized carbons (Fsp3) is 0.364. The number of carbonyl (C=O) groups is 1. The molecule has 168 valence electrons. The van der Waals surface area contributed by atoms with Crippen molar-refractivity contribution in [2.24, 2.45) is 0 Å². The molecule has 3 aromatic rings. The number of likely N-dealkylation sites (N-methyl/N-ethyl adjacent to an activating group) is 1. The zero-order valence-electron chi connectivity index (χ0n) is 18.4. The number of nitrogens with one attached hydrogen (secondary N) is 2. The highest BCUT2D eigenvalue weighted by molar-refractivity contribution is 7.99. The van der Waals surface area contributed by atoms with Gasteiger partial charge in [0.1, 0.15) is 10.8 Å². The van der Waals surface area contributed by atoms with Gasteiger partial charge in [0.25, 0.3) is 0 Å². The van der Waals surface area contributed by atoms with E-state index in [9.17, 15) is 4.79 Å². The fourth-order valence-electron chi connectivity index (χ4n) is 3.44. The van der Waals surface area contributed by atoms with E-state index in [2.05, 4.69) is 37.3 Å². The number of hydrogen-bond donors (Lipinski definition) is 2. The van der Waals surface area contributed by atoms with Crippen LogP contribution in [0.3, 0.4) is 0 Å². The number of ketones is 1. The minimum absolute atomic E-state index is 0.146. The maximum absolute atomic E-state index is 11.4. The van der Waals surface area contributed by atoms with Crippen LogP contribution in [-0.4, -0.2) is 64.1 Å². The van der Waals surface area contributed by atoms with Crippen LogP contribution in [-0.2, 0) is 11.2 Å². The maximum Gasteiger partial charge on any atom is 0.196 e. The van der Waals surface area contributed by atoms with Crippen molar-refractivity contribution in [3.05, 3.63) is 46.6 Å². The molecule has 1 aliphatic rings. The molecule has 10 heteroatoms. The van der Waals surface area contributed by atoms with Crippen molar-refractivity contribution in [3.63, 3.8) is 0 Å². The van der Waals surface area contributed by atoms with Crippen molar-refractivity contribution in [2.75, 3.05) is 43.4 Å². The van der Waals surface area contributed by atoms with E-state index in [-0.39, 0.29) is 5.78 Å². The zero-order valence-corrected chi connectivity index (χ0v) is 19.9. The number of halogens is 1. The van der Waals surface area contributed by atoms with Crippen molar-refractivity contribution in [1.82, 2.24) is 25.1 Å². The lowest BCUT2D eigenvalue weighted by Crippen LogP contribution is -2.45. The van der Waals surface area contributed by atoms with Crippen molar-refractivity contribution < 1.29 is 4.79 Å². The number of H-pyrrole nitrogens is 1. The van der Waals surface area contributed by atoms with Crippen molar-refractivity contribution in [2.45, 2.75) is 30.3 Å². The van der Waals surface area contributed by atoms with E-state index < -0.39 is 0 Å². The molecule has 3 heterocycles. The molecule has 1 fully saturated rings. The van der Waals surface area contributed by atoms with Crippen LogP contribution < -0.4 is 10.2 Å². The first-order valence-corrected chi connectivity index (χ1v) is 11.6. The van der Waals surface area contributed by atoms with Crippen LogP contribution in [0.1, 0.15) is 18.2 Å². The van der Waals surface area contributed by atoms with Crippen LogP contribution in [0.5, 0.6) is 0 Å². The summed E-state index contributed by atoms with van der Waals surface area (Å²) in [6.45, 7) is 7.12.